The highest BCUT2D eigenvalue weighted by Gasteiger charge is 2.21. The molecule has 1 aromatic heterocycles. The predicted octanol–water partition coefficient (Wildman–Crippen LogP) is 3.07. The van der Waals surface area contributed by atoms with Gasteiger partial charge in [-0.3, -0.25) is 10.1 Å². The summed E-state index contributed by atoms with van der Waals surface area (Å²) in [6.45, 7) is 3.46. The SMILES string of the molecule is Cc1cc(N(C)CC2CCCO2)c2cccc([N+](=O)[O-])c2n1. The van der Waals surface area contributed by atoms with E-state index >= 15 is 0 Å². The first-order chi connectivity index (χ1) is 10.6. The van der Waals surface area contributed by atoms with Crippen molar-refractivity contribution in [3.63, 3.8) is 0 Å². The molecule has 0 N–H and O–H groups in total. The molecule has 1 atom stereocenters. The van der Waals surface area contributed by atoms with E-state index in [1.807, 2.05) is 26.1 Å². The highest BCUT2D eigenvalue weighted by atomic mass is 16.6. The smallest absolute Gasteiger partial charge is 0.295 e. The Bertz CT molecular complexity index is 711. The van der Waals surface area contributed by atoms with Gasteiger partial charge in [0.15, 0.2) is 5.52 Å². The number of hydrogen-bond acceptors (Lipinski definition) is 5. The first-order valence-electron chi connectivity index (χ1n) is 7.44. The number of aromatic nitrogens is 1. The lowest BCUT2D eigenvalue weighted by Gasteiger charge is -2.24. The van der Waals surface area contributed by atoms with Crippen molar-refractivity contribution in [1.29, 1.82) is 0 Å². The average Bonchev–Trinajstić information content (AvgIpc) is 2.98. The Labute approximate surface area is 128 Å². The molecule has 2 heterocycles. The van der Waals surface area contributed by atoms with Gasteiger partial charge in [0.05, 0.1) is 11.0 Å². The van der Waals surface area contributed by atoms with E-state index in [9.17, 15) is 10.1 Å². The summed E-state index contributed by atoms with van der Waals surface area (Å²) < 4.78 is 5.68. The van der Waals surface area contributed by atoms with Crippen LogP contribution in [0.25, 0.3) is 10.9 Å². The van der Waals surface area contributed by atoms with Crippen molar-refractivity contribution >= 4 is 22.3 Å². The molecule has 6 heteroatoms. The molecule has 1 aliphatic heterocycles. The summed E-state index contributed by atoms with van der Waals surface area (Å²) in [6.07, 6.45) is 2.39. The highest BCUT2D eigenvalue weighted by Crippen LogP contribution is 2.32. The van der Waals surface area contributed by atoms with Crippen molar-refractivity contribution in [3.05, 3.63) is 40.1 Å². The van der Waals surface area contributed by atoms with Gasteiger partial charge in [-0.05, 0) is 25.8 Å². The number of nitro groups is 1. The molecular formula is C16H19N3O3. The Morgan fingerprint density at radius 1 is 1.50 bits per heavy atom. The summed E-state index contributed by atoms with van der Waals surface area (Å²) >= 11 is 0. The minimum Gasteiger partial charge on any atom is -0.376 e. The molecule has 0 aliphatic carbocycles. The predicted molar refractivity (Wildman–Crippen MR) is 85.4 cm³/mol. The molecule has 1 fully saturated rings. The summed E-state index contributed by atoms with van der Waals surface area (Å²) in [6, 6.07) is 7.07. The molecule has 0 radical (unpaired) electrons. The summed E-state index contributed by atoms with van der Waals surface area (Å²) in [5.41, 5.74) is 2.23. The number of nitro benzene ring substituents is 1. The lowest BCUT2D eigenvalue weighted by atomic mass is 10.1. The number of non-ortho nitro benzene ring substituents is 1. The third kappa shape index (κ3) is 2.74. The van der Waals surface area contributed by atoms with Crippen molar-refractivity contribution in [2.45, 2.75) is 25.9 Å². The Kier molecular flexibility index (Phi) is 3.94. The van der Waals surface area contributed by atoms with Crippen LogP contribution in [0.3, 0.4) is 0 Å². The summed E-state index contributed by atoms with van der Waals surface area (Å²) in [5, 5.41) is 12.0. The summed E-state index contributed by atoms with van der Waals surface area (Å²) in [7, 11) is 1.99. The third-order valence-corrected chi connectivity index (χ3v) is 4.03. The Morgan fingerprint density at radius 3 is 3.00 bits per heavy atom. The molecule has 116 valence electrons. The number of rotatable bonds is 4. The average molecular weight is 301 g/mol. The first-order valence-corrected chi connectivity index (χ1v) is 7.44. The van der Waals surface area contributed by atoms with Crippen LogP contribution in [0, 0.1) is 17.0 Å². The molecule has 1 saturated heterocycles. The molecule has 1 aromatic carbocycles. The van der Waals surface area contributed by atoms with E-state index in [-0.39, 0.29) is 16.7 Å². The van der Waals surface area contributed by atoms with Gasteiger partial charge < -0.3 is 9.64 Å². The molecule has 0 spiro atoms. The number of benzene rings is 1. The molecule has 0 bridgehead atoms. The number of anilines is 1. The van der Waals surface area contributed by atoms with Crippen LogP contribution in [-0.4, -0.2) is 36.2 Å². The minimum absolute atomic E-state index is 0.0490. The number of likely N-dealkylation sites (N-methyl/N-ethyl adjacent to an activating group) is 1. The number of fused-ring (bicyclic) bond motifs is 1. The maximum atomic E-state index is 11.2. The Morgan fingerprint density at radius 2 is 2.32 bits per heavy atom. The van der Waals surface area contributed by atoms with Crippen molar-refractivity contribution in [2.24, 2.45) is 0 Å². The zero-order valence-corrected chi connectivity index (χ0v) is 12.8. The van der Waals surface area contributed by atoms with E-state index in [0.29, 0.717) is 5.52 Å². The molecule has 1 unspecified atom stereocenters. The van der Waals surface area contributed by atoms with Crippen LogP contribution >= 0.6 is 0 Å². The molecule has 1 aliphatic rings. The van der Waals surface area contributed by atoms with E-state index in [2.05, 4.69) is 9.88 Å². The van der Waals surface area contributed by atoms with E-state index in [1.165, 1.54) is 6.07 Å². The van der Waals surface area contributed by atoms with Gasteiger partial charge in [-0.25, -0.2) is 4.98 Å². The fraction of sp³-hybridized carbons (Fsp3) is 0.438. The normalized spacial score (nSPS) is 17.8. The maximum absolute atomic E-state index is 11.2. The number of nitrogens with zero attached hydrogens (tertiary/aromatic N) is 3. The first kappa shape index (κ1) is 14.7. The van der Waals surface area contributed by atoms with Gasteiger partial charge in [0.2, 0.25) is 0 Å². The van der Waals surface area contributed by atoms with Crippen LogP contribution < -0.4 is 4.90 Å². The van der Waals surface area contributed by atoms with Crippen LogP contribution in [0.5, 0.6) is 0 Å². The largest absolute Gasteiger partial charge is 0.376 e. The molecule has 3 rings (SSSR count). The lowest BCUT2D eigenvalue weighted by molar-refractivity contribution is -0.383. The number of aryl methyl sites for hydroxylation is 1. The van der Waals surface area contributed by atoms with Crippen molar-refractivity contribution in [1.82, 2.24) is 4.98 Å². The van der Waals surface area contributed by atoms with E-state index < -0.39 is 0 Å². The second kappa shape index (κ2) is 5.88. The topological polar surface area (TPSA) is 68.5 Å². The number of pyridine rings is 1. The second-order valence-corrected chi connectivity index (χ2v) is 5.73. The second-order valence-electron chi connectivity index (χ2n) is 5.73. The maximum Gasteiger partial charge on any atom is 0.295 e. The van der Waals surface area contributed by atoms with Gasteiger partial charge in [-0.15, -0.1) is 0 Å². The highest BCUT2D eigenvalue weighted by molar-refractivity contribution is 5.97. The summed E-state index contributed by atoms with van der Waals surface area (Å²) in [4.78, 5) is 17.3. The van der Waals surface area contributed by atoms with Gasteiger partial charge >= 0.3 is 0 Å². The zero-order valence-electron chi connectivity index (χ0n) is 12.8. The van der Waals surface area contributed by atoms with Crippen LogP contribution in [-0.2, 0) is 4.74 Å². The van der Waals surface area contributed by atoms with E-state index in [4.69, 9.17) is 4.74 Å². The van der Waals surface area contributed by atoms with Crippen LogP contribution in [0.1, 0.15) is 18.5 Å². The minimum atomic E-state index is -0.376. The fourth-order valence-corrected chi connectivity index (χ4v) is 3.00. The zero-order chi connectivity index (χ0) is 15.7. The van der Waals surface area contributed by atoms with Gasteiger partial charge in [0.25, 0.3) is 5.69 Å². The number of ether oxygens (including phenoxy) is 1. The summed E-state index contributed by atoms with van der Waals surface area (Å²) in [5.74, 6) is 0. The van der Waals surface area contributed by atoms with Gasteiger partial charge in [-0.2, -0.15) is 0 Å². The molecular weight excluding hydrogens is 282 g/mol. The van der Waals surface area contributed by atoms with Gasteiger partial charge in [0, 0.05) is 43.0 Å². The van der Waals surface area contributed by atoms with E-state index in [1.54, 1.807) is 6.07 Å². The number of para-hydroxylation sites is 1. The van der Waals surface area contributed by atoms with Gasteiger partial charge in [-0.1, -0.05) is 12.1 Å². The quantitative estimate of drug-likeness (QED) is 0.641. The Hall–Kier alpha value is -2.21. The molecule has 2 aromatic rings. The van der Waals surface area contributed by atoms with E-state index in [0.717, 1.165) is 42.8 Å². The van der Waals surface area contributed by atoms with Crippen LogP contribution in [0.15, 0.2) is 24.3 Å². The standard InChI is InChI=1S/C16H19N3O3/c1-11-9-15(18(2)10-12-5-4-8-22-12)13-6-3-7-14(19(20)21)16(13)17-11/h3,6-7,9,12H,4-5,8,10H2,1-2H3. The van der Waals surface area contributed by atoms with Crippen molar-refractivity contribution < 1.29 is 9.66 Å². The fourth-order valence-electron chi connectivity index (χ4n) is 3.00. The van der Waals surface area contributed by atoms with Crippen LogP contribution in [0.4, 0.5) is 11.4 Å². The van der Waals surface area contributed by atoms with Crippen LogP contribution in [0.2, 0.25) is 0 Å². The molecule has 0 amide bonds. The Balaban J connectivity index is 2.04. The molecule has 0 saturated carbocycles. The lowest BCUT2D eigenvalue weighted by Crippen LogP contribution is -2.28. The van der Waals surface area contributed by atoms with Gasteiger partial charge in [0.1, 0.15) is 0 Å². The molecule has 22 heavy (non-hydrogen) atoms. The third-order valence-electron chi connectivity index (χ3n) is 4.03. The van der Waals surface area contributed by atoms with Crippen molar-refractivity contribution in [2.75, 3.05) is 25.1 Å². The van der Waals surface area contributed by atoms with Crippen molar-refractivity contribution in [3.8, 4) is 0 Å². The molecule has 6 nitrogen and oxygen atoms in total. The monoisotopic (exact) mass is 301 g/mol. The number of hydrogen-bond donors (Lipinski definition) is 0.